The third-order valence-electron chi connectivity index (χ3n) is 2.29. The predicted octanol–water partition coefficient (Wildman–Crippen LogP) is 3.84. The van der Waals surface area contributed by atoms with Gasteiger partial charge >= 0.3 is 6.01 Å². The largest absolute Gasteiger partial charge is 0.423 e. The molecule has 0 atom stereocenters. The van der Waals surface area contributed by atoms with Crippen LogP contribution in [0.4, 0.5) is 0 Å². The molecule has 0 fully saturated rings. The number of ether oxygens (including phenoxy) is 1. The van der Waals surface area contributed by atoms with Gasteiger partial charge in [-0.3, -0.25) is 0 Å². The molecule has 0 amide bonds. The SMILES string of the molecule is NCCc1cnc(Oc2cc(Cl)c(Br)cc2Cl)nc1. The van der Waals surface area contributed by atoms with Crippen LogP contribution >= 0.6 is 39.1 Å². The van der Waals surface area contributed by atoms with Crippen LogP contribution in [0.3, 0.4) is 0 Å². The zero-order valence-electron chi connectivity index (χ0n) is 9.74. The molecule has 0 unspecified atom stereocenters. The highest BCUT2D eigenvalue weighted by Crippen LogP contribution is 2.35. The van der Waals surface area contributed by atoms with Crippen molar-refractivity contribution >= 4 is 39.1 Å². The summed E-state index contributed by atoms with van der Waals surface area (Å²) in [6, 6.07) is 3.47. The van der Waals surface area contributed by atoms with Gasteiger partial charge in [0.05, 0.1) is 10.0 Å². The summed E-state index contributed by atoms with van der Waals surface area (Å²) in [6.45, 7) is 0.553. The Hall–Kier alpha value is -0.880. The molecule has 2 N–H and O–H groups in total. The first-order chi connectivity index (χ1) is 9.10. The molecular weight excluding hydrogens is 353 g/mol. The van der Waals surface area contributed by atoms with E-state index in [-0.39, 0.29) is 6.01 Å². The highest BCUT2D eigenvalue weighted by molar-refractivity contribution is 9.10. The van der Waals surface area contributed by atoms with E-state index >= 15 is 0 Å². The van der Waals surface area contributed by atoms with Crippen molar-refractivity contribution in [1.29, 1.82) is 0 Å². The molecule has 4 nitrogen and oxygen atoms in total. The van der Waals surface area contributed by atoms with Crippen LogP contribution in [-0.2, 0) is 6.42 Å². The molecule has 2 aromatic rings. The predicted molar refractivity (Wildman–Crippen MR) is 79.0 cm³/mol. The lowest BCUT2D eigenvalue weighted by Gasteiger charge is -2.07. The molecule has 100 valence electrons. The van der Waals surface area contributed by atoms with Crippen molar-refractivity contribution in [2.24, 2.45) is 5.73 Å². The van der Waals surface area contributed by atoms with Gasteiger partial charge in [-0.25, -0.2) is 9.97 Å². The Bertz CT molecular complexity index is 578. The first kappa shape index (κ1) is 14.5. The number of nitrogens with zero attached hydrogens (tertiary/aromatic N) is 2. The topological polar surface area (TPSA) is 61.0 Å². The molecule has 0 aliphatic heterocycles. The summed E-state index contributed by atoms with van der Waals surface area (Å²) >= 11 is 15.3. The summed E-state index contributed by atoms with van der Waals surface area (Å²) in [5.41, 5.74) is 6.40. The van der Waals surface area contributed by atoms with Gasteiger partial charge in [0.2, 0.25) is 0 Å². The van der Waals surface area contributed by atoms with E-state index in [1.165, 1.54) is 0 Å². The number of aromatic nitrogens is 2. The van der Waals surface area contributed by atoms with Crippen LogP contribution in [0.2, 0.25) is 10.0 Å². The van der Waals surface area contributed by atoms with E-state index in [0.29, 0.717) is 26.8 Å². The van der Waals surface area contributed by atoms with Gasteiger partial charge in [-0.15, -0.1) is 0 Å². The number of hydrogen-bond acceptors (Lipinski definition) is 4. The van der Waals surface area contributed by atoms with Gasteiger partial charge in [0.25, 0.3) is 0 Å². The Balaban J connectivity index is 2.19. The van der Waals surface area contributed by atoms with Crippen LogP contribution in [0, 0.1) is 0 Å². The lowest BCUT2D eigenvalue weighted by molar-refractivity contribution is 0.441. The quantitative estimate of drug-likeness (QED) is 0.839. The highest BCUT2D eigenvalue weighted by atomic mass is 79.9. The van der Waals surface area contributed by atoms with Crippen LogP contribution in [0.15, 0.2) is 29.0 Å². The van der Waals surface area contributed by atoms with Crippen molar-refractivity contribution < 1.29 is 4.74 Å². The van der Waals surface area contributed by atoms with Crippen molar-refractivity contribution in [3.05, 3.63) is 44.6 Å². The van der Waals surface area contributed by atoms with Crippen molar-refractivity contribution in [2.75, 3.05) is 6.54 Å². The van der Waals surface area contributed by atoms with Crippen molar-refractivity contribution in [1.82, 2.24) is 9.97 Å². The molecule has 0 aliphatic rings. The van der Waals surface area contributed by atoms with Crippen molar-refractivity contribution in [2.45, 2.75) is 6.42 Å². The Labute approximate surface area is 129 Å². The summed E-state index contributed by atoms with van der Waals surface area (Å²) in [5, 5.41) is 0.921. The van der Waals surface area contributed by atoms with E-state index in [9.17, 15) is 0 Å². The zero-order chi connectivity index (χ0) is 13.8. The standard InChI is InChI=1S/C12H10BrCl2N3O/c13-8-3-10(15)11(4-9(8)14)19-12-17-5-7(1-2-16)6-18-12/h3-6H,1-2,16H2. The minimum atomic E-state index is 0.209. The van der Waals surface area contributed by atoms with Gasteiger partial charge in [-0.05, 0) is 40.5 Å². The molecule has 0 saturated carbocycles. The Kier molecular flexibility index (Phi) is 4.99. The normalized spacial score (nSPS) is 10.5. The van der Waals surface area contributed by atoms with Crippen LogP contribution < -0.4 is 10.5 Å². The molecule has 2 rings (SSSR count). The van der Waals surface area contributed by atoms with Crippen LogP contribution in [0.1, 0.15) is 5.56 Å². The average Bonchev–Trinajstić information content (AvgIpc) is 2.38. The van der Waals surface area contributed by atoms with Crippen LogP contribution in [-0.4, -0.2) is 16.5 Å². The first-order valence-electron chi connectivity index (χ1n) is 5.43. The van der Waals surface area contributed by atoms with E-state index in [2.05, 4.69) is 25.9 Å². The smallest absolute Gasteiger partial charge is 0.321 e. The second-order valence-electron chi connectivity index (χ2n) is 3.71. The first-order valence-corrected chi connectivity index (χ1v) is 6.98. The van der Waals surface area contributed by atoms with Gasteiger partial charge in [-0.1, -0.05) is 23.2 Å². The molecule has 0 bridgehead atoms. The lowest BCUT2D eigenvalue weighted by atomic mass is 10.2. The van der Waals surface area contributed by atoms with E-state index in [1.54, 1.807) is 24.5 Å². The van der Waals surface area contributed by atoms with Gasteiger partial charge in [0.15, 0.2) is 5.75 Å². The fourth-order valence-electron chi connectivity index (χ4n) is 1.37. The molecule has 1 aromatic carbocycles. The van der Waals surface area contributed by atoms with Gasteiger partial charge in [-0.2, -0.15) is 0 Å². The summed E-state index contributed by atoms with van der Waals surface area (Å²) in [4.78, 5) is 8.17. The zero-order valence-corrected chi connectivity index (χ0v) is 12.8. The maximum atomic E-state index is 6.05. The minimum Gasteiger partial charge on any atom is -0.423 e. The number of rotatable bonds is 4. The lowest BCUT2D eigenvalue weighted by Crippen LogP contribution is -2.03. The van der Waals surface area contributed by atoms with E-state index in [0.717, 1.165) is 12.0 Å². The molecule has 1 heterocycles. The van der Waals surface area contributed by atoms with E-state index in [1.807, 2.05) is 0 Å². The fourth-order valence-corrected chi connectivity index (χ4v) is 2.20. The van der Waals surface area contributed by atoms with E-state index < -0.39 is 0 Å². The molecule has 19 heavy (non-hydrogen) atoms. The van der Waals surface area contributed by atoms with Crippen molar-refractivity contribution in [3.8, 4) is 11.8 Å². The molecule has 7 heteroatoms. The number of hydrogen-bond donors (Lipinski definition) is 1. The molecule has 1 aromatic heterocycles. The number of benzene rings is 1. The average molecular weight is 363 g/mol. The van der Waals surface area contributed by atoms with E-state index in [4.69, 9.17) is 33.7 Å². The molecule has 0 spiro atoms. The highest BCUT2D eigenvalue weighted by Gasteiger charge is 2.09. The maximum Gasteiger partial charge on any atom is 0.321 e. The summed E-state index contributed by atoms with van der Waals surface area (Å²) < 4.78 is 6.19. The monoisotopic (exact) mass is 361 g/mol. The second-order valence-corrected chi connectivity index (χ2v) is 5.38. The van der Waals surface area contributed by atoms with Crippen LogP contribution in [0.25, 0.3) is 0 Å². The third-order valence-corrected chi connectivity index (χ3v) is 3.78. The van der Waals surface area contributed by atoms with Gasteiger partial charge in [0, 0.05) is 22.9 Å². The van der Waals surface area contributed by atoms with Gasteiger partial charge in [0.1, 0.15) is 0 Å². The summed E-state index contributed by atoms with van der Waals surface area (Å²) in [5.74, 6) is 0.404. The Morgan fingerprint density at radius 2 is 1.84 bits per heavy atom. The molecular formula is C12H10BrCl2N3O. The van der Waals surface area contributed by atoms with Crippen LogP contribution in [0.5, 0.6) is 11.8 Å². The number of nitrogens with two attached hydrogens (primary N) is 1. The maximum absolute atomic E-state index is 6.05. The molecule has 0 saturated heterocycles. The molecule has 0 aliphatic carbocycles. The Morgan fingerprint density at radius 1 is 1.16 bits per heavy atom. The Morgan fingerprint density at radius 3 is 2.47 bits per heavy atom. The fraction of sp³-hybridized carbons (Fsp3) is 0.167. The van der Waals surface area contributed by atoms with Crippen molar-refractivity contribution in [3.63, 3.8) is 0 Å². The third kappa shape index (κ3) is 3.79. The number of halogens is 3. The minimum absolute atomic E-state index is 0.209. The summed E-state index contributed by atoms with van der Waals surface area (Å²) in [6.07, 6.45) is 4.07. The summed E-state index contributed by atoms with van der Waals surface area (Å²) in [7, 11) is 0. The van der Waals surface area contributed by atoms with Gasteiger partial charge < -0.3 is 10.5 Å². The molecule has 0 radical (unpaired) electrons. The second kappa shape index (κ2) is 6.52.